The van der Waals surface area contributed by atoms with Gasteiger partial charge in [0.2, 0.25) is 5.91 Å². The Hall–Kier alpha value is -0.570. The normalized spacial score (nSPS) is 45.3. The lowest BCUT2D eigenvalue weighted by Crippen LogP contribution is -2.28. The molecule has 2 rings (SSSR count). The summed E-state index contributed by atoms with van der Waals surface area (Å²) in [5.41, 5.74) is 0. The first-order valence-electron chi connectivity index (χ1n) is 3.74. The third kappa shape index (κ3) is 0.814. The van der Waals surface area contributed by atoms with Gasteiger partial charge in [-0.05, 0) is 19.3 Å². The summed E-state index contributed by atoms with van der Waals surface area (Å²) in [6.07, 6.45) is 2.11. The molecule has 10 heavy (non-hydrogen) atoms. The van der Waals surface area contributed by atoms with Gasteiger partial charge >= 0.3 is 0 Å². The molecule has 0 aromatic carbocycles. The molecule has 2 fully saturated rings. The Kier molecular flexibility index (Phi) is 1.20. The van der Waals surface area contributed by atoms with Crippen LogP contribution >= 0.6 is 0 Å². The number of aliphatic hydroxyl groups is 1. The van der Waals surface area contributed by atoms with Gasteiger partial charge in [-0.25, -0.2) is 0 Å². The number of rotatable bonds is 0. The molecule has 0 aromatic rings. The molecule has 1 saturated heterocycles. The van der Waals surface area contributed by atoms with Crippen molar-refractivity contribution in [3.63, 3.8) is 0 Å². The molecule has 0 spiro atoms. The van der Waals surface area contributed by atoms with Crippen molar-refractivity contribution >= 4 is 5.91 Å². The third-order valence-corrected chi connectivity index (χ3v) is 2.40. The summed E-state index contributed by atoms with van der Waals surface area (Å²) in [6, 6.07) is 0.265. The van der Waals surface area contributed by atoms with E-state index in [0.29, 0.717) is 6.42 Å². The Labute approximate surface area is 59.4 Å². The first kappa shape index (κ1) is 6.16. The summed E-state index contributed by atoms with van der Waals surface area (Å²) in [5, 5.41) is 12.1. The fraction of sp³-hybridized carbons (Fsp3) is 0.857. The van der Waals surface area contributed by atoms with Crippen molar-refractivity contribution < 1.29 is 9.90 Å². The fourth-order valence-corrected chi connectivity index (χ4v) is 1.94. The van der Waals surface area contributed by atoms with Gasteiger partial charge in [0.05, 0.1) is 6.10 Å². The summed E-state index contributed by atoms with van der Waals surface area (Å²) in [4.78, 5) is 11.0. The number of hydrogen-bond donors (Lipinski definition) is 2. The molecule has 3 atom stereocenters. The van der Waals surface area contributed by atoms with Crippen molar-refractivity contribution in [2.75, 3.05) is 0 Å². The van der Waals surface area contributed by atoms with E-state index in [2.05, 4.69) is 5.32 Å². The number of nitrogens with one attached hydrogen (secondary N) is 1. The van der Waals surface area contributed by atoms with Gasteiger partial charge in [0, 0.05) is 12.0 Å². The molecule has 0 unspecified atom stereocenters. The highest BCUT2D eigenvalue weighted by Gasteiger charge is 2.38. The molecule has 56 valence electrons. The van der Waals surface area contributed by atoms with E-state index >= 15 is 0 Å². The number of fused-ring (bicyclic) bond motifs is 2. The van der Waals surface area contributed by atoms with E-state index in [1.807, 2.05) is 0 Å². The van der Waals surface area contributed by atoms with Crippen molar-refractivity contribution in [1.82, 2.24) is 5.32 Å². The van der Waals surface area contributed by atoms with Gasteiger partial charge in [-0.1, -0.05) is 0 Å². The monoisotopic (exact) mass is 141 g/mol. The molecule has 0 aromatic heterocycles. The van der Waals surface area contributed by atoms with Gasteiger partial charge in [0.1, 0.15) is 0 Å². The van der Waals surface area contributed by atoms with Crippen LogP contribution in [0.3, 0.4) is 0 Å². The predicted octanol–water partition coefficient (Wildman–Crippen LogP) is -0.354. The largest absolute Gasteiger partial charge is 0.393 e. The average molecular weight is 141 g/mol. The zero-order valence-electron chi connectivity index (χ0n) is 5.71. The maximum absolute atomic E-state index is 11.0. The second-order valence-corrected chi connectivity index (χ2v) is 3.26. The minimum absolute atomic E-state index is 0.105. The van der Waals surface area contributed by atoms with Gasteiger partial charge in [0.25, 0.3) is 0 Å². The summed E-state index contributed by atoms with van der Waals surface area (Å²) in [7, 11) is 0. The second-order valence-electron chi connectivity index (χ2n) is 3.26. The fourth-order valence-electron chi connectivity index (χ4n) is 1.94. The lowest BCUT2D eigenvalue weighted by molar-refractivity contribution is -0.122. The van der Waals surface area contributed by atoms with E-state index in [0.717, 1.165) is 12.8 Å². The molecule has 1 aliphatic carbocycles. The smallest absolute Gasteiger partial charge is 0.223 e. The van der Waals surface area contributed by atoms with E-state index in [1.54, 1.807) is 0 Å². The maximum atomic E-state index is 11.0. The second kappa shape index (κ2) is 1.95. The summed E-state index contributed by atoms with van der Waals surface area (Å²) >= 11 is 0. The van der Waals surface area contributed by atoms with Crippen LogP contribution in [0.1, 0.15) is 19.3 Å². The van der Waals surface area contributed by atoms with Gasteiger partial charge in [0.15, 0.2) is 0 Å². The van der Waals surface area contributed by atoms with Crippen molar-refractivity contribution in [3.8, 4) is 0 Å². The Morgan fingerprint density at radius 1 is 1.40 bits per heavy atom. The first-order chi connectivity index (χ1) is 4.75. The molecular formula is C7H11NO2. The molecule has 1 amide bonds. The van der Waals surface area contributed by atoms with Crippen LogP contribution in [0.25, 0.3) is 0 Å². The van der Waals surface area contributed by atoms with Crippen LogP contribution in [-0.4, -0.2) is 23.2 Å². The van der Waals surface area contributed by atoms with Gasteiger partial charge in [-0.15, -0.1) is 0 Å². The highest BCUT2D eigenvalue weighted by molar-refractivity contribution is 5.81. The van der Waals surface area contributed by atoms with Gasteiger partial charge in [-0.3, -0.25) is 4.79 Å². The van der Waals surface area contributed by atoms with Crippen LogP contribution in [0.15, 0.2) is 0 Å². The van der Waals surface area contributed by atoms with E-state index in [-0.39, 0.29) is 24.0 Å². The Bertz CT molecular complexity index is 169. The van der Waals surface area contributed by atoms with Crippen LogP contribution in [0.2, 0.25) is 0 Å². The highest BCUT2D eigenvalue weighted by atomic mass is 16.3. The summed E-state index contributed by atoms with van der Waals surface area (Å²) < 4.78 is 0. The zero-order valence-corrected chi connectivity index (χ0v) is 5.71. The maximum Gasteiger partial charge on any atom is 0.223 e. The van der Waals surface area contributed by atoms with E-state index in [1.165, 1.54) is 0 Å². The van der Waals surface area contributed by atoms with Crippen molar-refractivity contribution in [3.05, 3.63) is 0 Å². The van der Waals surface area contributed by atoms with Crippen LogP contribution in [0, 0.1) is 5.92 Å². The molecule has 3 nitrogen and oxygen atoms in total. The first-order valence-corrected chi connectivity index (χ1v) is 3.74. The Morgan fingerprint density at radius 2 is 2.20 bits per heavy atom. The van der Waals surface area contributed by atoms with Crippen molar-refractivity contribution in [1.29, 1.82) is 0 Å². The Morgan fingerprint density at radius 3 is 2.90 bits per heavy atom. The number of carbonyl (C=O) groups excluding carboxylic acids is 1. The van der Waals surface area contributed by atoms with Crippen molar-refractivity contribution in [2.24, 2.45) is 5.92 Å². The Balaban J connectivity index is 2.13. The number of aliphatic hydroxyl groups excluding tert-OH is 1. The van der Waals surface area contributed by atoms with Crippen LogP contribution < -0.4 is 5.32 Å². The minimum atomic E-state index is -0.248. The SMILES string of the molecule is O=C1N[C@H]2C[C@@H](O)C[C@H]1C2. The topological polar surface area (TPSA) is 49.3 Å². The summed E-state index contributed by atoms with van der Waals surface area (Å²) in [5.74, 6) is 0.246. The van der Waals surface area contributed by atoms with Gasteiger partial charge in [-0.2, -0.15) is 0 Å². The number of carbonyl (C=O) groups is 1. The molecule has 1 heterocycles. The molecule has 2 bridgehead atoms. The minimum Gasteiger partial charge on any atom is -0.393 e. The molecule has 0 radical (unpaired) electrons. The molecule has 1 saturated carbocycles. The van der Waals surface area contributed by atoms with Gasteiger partial charge < -0.3 is 10.4 Å². The van der Waals surface area contributed by atoms with Crippen LogP contribution in [0.4, 0.5) is 0 Å². The molecule has 3 heteroatoms. The molecular weight excluding hydrogens is 130 g/mol. The highest BCUT2D eigenvalue weighted by Crippen LogP contribution is 2.29. The predicted molar refractivity (Wildman–Crippen MR) is 35.3 cm³/mol. The van der Waals surface area contributed by atoms with Crippen LogP contribution in [0.5, 0.6) is 0 Å². The summed E-state index contributed by atoms with van der Waals surface area (Å²) in [6.45, 7) is 0. The number of amides is 1. The van der Waals surface area contributed by atoms with Crippen LogP contribution in [-0.2, 0) is 4.79 Å². The molecule has 1 aliphatic heterocycles. The van der Waals surface area contributed by atoms with E-state index < -0.39 is 0 Å². The van der Waals surface area contributed by atoms with E-state index in [4.69, 9.17) is 0 Å². The lowest BCUT2D eigenvalue weighted by atomic mass is 9.88. The van der Waals surface area contributed by atoms with E-state index in [9.17, 15) is 9.90 Å². The molecule has 2 aliphatic rings. The average Bonchev–Trinajstić information content (AvgIpc) is 2.07. The number of hydrogen-bond acceptors (Lipinski definition) is 2. The standard InChI is InChI=1S/C7H11NO2/c9-6-2-4-1-5(3-6)8-7(4)10/h4-6,9H,1-3H2,(H,8,10)/t4-,5-,6+/m1/s1. The zero-order chi connectivity index (χ0) is 7.14. The lowest BCUT2D eigenvalue weighted by Gasteiger charge is -2.20. The quantitative estimate of drug-likeness (QED) is 0.484. The molecule has 2 N–H and O–H groups in total. The third-order valence-electron chi connectivity index (χ3n) is 2.40. The van der Waals surface area contributed by atoms with Crippen molar-refractivity contribution in [2.45, 2.75) is 31.4 Å².